The molecule has 3 aromatic rings. The molecule has 0 fully saturated rings. The molecule has 0 aliphatic heterocycles. The third kappa shape index (κ3) is 2.07. The van der Waals surface area contributed by atoms with Crippen molar-refractivity contribution in [2.24, 2.45) is 0 Å². The van der Waals surface area contributed by atoms with Gasteiger partial charge in [-0.2, -0.15) is 0 Å². The van der Waals surface area contributed by atoms with Crippen molar-refractivity contribution >= 4 is 27.2 Å². The number of aromatic nitrogens is 1. The van der Waals surface area contributed by atoms with Crippen molar-refractivity contribution in [3.05, 3.63) is 58.9 Å². The minimum absolute atomic E-state index is 0.225. The van der Waals surface area contributed by atoms with Gasteiger partial charge in [-0.15, -0.1) is 11.3 Å². The zero-order chi connectivity index (χ0) is 12.5. The SMILES string of the molecule is Nc1ccccc1Cc1nc2ccc(F)cc2s1. The van der Waals surface area contributed by atoms with Gasteiger partial charge in [0, 0.05) is 12.1 Å². The fourth-order valence-electron chi connectivity index (χ4n) is 1.88. The van der Waals surface area contributed by atoms with Gasteiger partial charge in [0.05, 0.1) is 15.2 Å². The van der Waals surface area contributed by atoms with Crippen LogP contribution in [0.4, 0.5) is 10.1 Å². The molecule has 0 radical (unpaired) electrons. The standard InChI is InChI=1S/C14H11FN2S/c15-10-5-6-12-13(8-10)18-14(17-12)7-9-3-1-2-4-11(9)16/h1-6,8H,7,16H2. The average Bonchev–Trinajstić information content (AvgIpc) is 2.73. The molecule has 18 heavy (non-hydrogen) atoms. The molecule has 0 saturated heterocycles. The highest BCUT2D eigenvalue weighted by Gasteiger charge is 2.07. The van der Waals surface area contributed by atoms with E-state index in [0.29, 0.717) is 6.42 Å². The summed E-state index contributed by atoms with van der Waals surface area (Å²) in [6.07, 6.45) is 0.688. The quantitative estimate of drug-likeness (QED) is 0.713. The molecule has 0 saturated carbocycles. The van der Waals surface area contributed by atoms with E-state index >= 15 is 0 Å². The number of rotatable bonds is 2. The molecule has 2 nitrogen and oxygen atoms in total. The Bertz CT molecular complexity index is 706. The minimum Gasteiger partial charge on any atom is -0.398 e. The number of benzene rings is 2. The molecule has 1 heterocycles. The molecule has 4 heteroatoms. The Kier molecular flexibility index (Phi) is 2.72. The maximum atomic E-state index is 13.1. The largest absolute Gasteiger partial charge is 0.398 e. The summed E-state index contributed by atoms with van der Waals surface area (Å²) < 4.78 is 14.0. The highest BCUT2D eigenvalue weighted by atomic mass is 32.1. The lowest BCUT2D eigenvalue weighted by Gasteiger charge is -2.01. The minimum atomic E-state index is -0.225. The van der Waals surface area contributed by atoms with Gasteiger partial charge in [-0.05, 0) is 29.8 Å². The van der Waals surface area contributed by atoms with Gasteiger partial charge in [0.15, 0.2) is 0 Å². The Balaban J connectivity index is 1.98. The predicted octanol–water partition coefficient (Wildman–Crippen LogP) is 3.61. The van der Waals surface area contributed by atoms with Crippen LogP contribution in [0.25, 0.3) is 10.2 Å². The second-order valence-corrected chi connectivity index (χ2v) is 5.21. The van der Waals surface area contributed by atoms with Gasteiger partial charge < -0.3 is 5.73 Å². The third-order valence-electron chi connectivity index (χ3n) is 2.79. The van der Waals surface area contributed by atoms with E-state index in [9.17, 15) is 4.39 Å². The first kappa shape index (κ1) is 11.2. The van der Waals surface area contributed by atoms with Crippen molar-refractivity contribution in [2.75, 3.05) is 5.73 Å². The number of anilines is 1. The first-order chi connectivity index (χ1) is 8.72. The number of hydrogen-bond acceptors (Lipinski definition) is 3. The topological polar surface area (TPSA) is 38.9 Å². The van der Waals surface area contributed by atoms with Crippen LogP contribution in [-0.4, -0.2) is 4.98 Å². The number of hydrogen-bond donors (Lipinski definition) is 1. The lowest BCUT2D eigenvalue weighted by molar-refractivity contribution is 0.630. The van der Waals surface area contributed by atoms with Crippen LogP contribution >= 0.6 is 11.3 Å². The molecule has 0 unspecified atom stereocenters. The lowest BCUT2D eigenvalue weighted by Crippen LogP contribution is -1.94. The summed E-state index contributed by atoms with van der Waals surface area (Å²) in [5, 5.41) is 0.952. The van der Waals surface area contributed by atoms with Gasteiger partial charge in [-0.25, -0.2) is 9.37 Å². The fraction of sp³-hybridized carbons (Fsp3) is 0.0714. The van der Waals surface area contributed by atoms with Gasteiger partial charge in [0.1, 0.15) is 5.82 Å². The summed E-state index contributed by atoms with van der Waals surface area (Å²) >= 11 is 1.51. The molecule has 0 bridgehead atoms. The van der Waals surface area contributed by atoms with Crippen molar-refractivity contribution in [1.82, 2.24) is 4.98 Å². The van der Waals surface area contributed by atoms with Gasteiger partial charge in [-0.3, -0.25) is 0 Å². The van der Waals surface area contributed by atoms with Gasteiger partial charge in [0.25, 0.3) is 0 Å². The predicted molar refractivity (Wildman–Crippen MR) is 73.2 cm³/mol. The van der Waals surface area contributed by atoms with Crippen LogP contribution in [0.2, 0.25) is 0 Å². The molecule has 0 atom stereocenters. The molecular formula is C14H11FN2S. The van der Waals surface area contributed by atoms with Crippen LogP contribution in [-0.2, 0) is 6.42 Å². The second kappa shape index (κ2) is 4.38. The first-order valence-electron chi connectivity index (χ1n) is 5.61. The maximum Gasteiger partial charge on any atom is 0.124 e. The highest BCUT2D eigenvalue weighted by molar-refractivity contribution is 7.18. The Morgan fingerprint density at radius 3 is 2.83 bits per heavy atom. The van der Waals surface area contributed by atoms with Crippen molar-refractivity contribution in [3.63, 3.8) is 0 Å². The molecule has 3 rings (SSSR count). The van der Waals surface area contributed by atoms with Crippen LogP contribution in [0.15, 0.2) is 42.5 Å². The first-order valence-corrected chi connectivity index (χ1v) is 6.42. The maximum absolute atomic E-state index is 13.1. The third-order valence-corrected chi connectivity index (χ3v) is 3.81. The Labute approximate surface area is 108 Å². The molecule has 0 amide bonds. The van der Waals surface area contributed by atoms with E-state index in [1.807, 2.05) is 24.3 Å². The molecule has 0 aliphatic carbocycles. The zero-order valence-electron chi connectivity index (χ0n) is 9.56. The number of fused-ring (bicyclic) bond motifs is 1. The molecular weight excluding hydrogens is 247 g/mol. The van der Waals surface area contributed by atoms with E-state index in [1.54, 1.807) is 6.07 Å². The fourth-order valence-corrected chi connectivity index (χ4v) is 2.90. The van der Waals surface area contributed by atoms with Crippen molar-refractivity contribution < 1.29 is 4.39 Å². The number of halogens is 1. The van der Waals surface area contributed by atoms with Crippen LogP contribution in [0.5, 0.6) is 0 Å². The van der Waals surface area contributed by atoms with E-state index in [-0.39, 0.29) is 5.82 Å². The second-order valence-electron chi connectivity index (χ2n) is 4.10. The average molecular weight is 258 g/mol. The summed E-state index contributed by atoms with van der Waals surface area (Å²) in [6.45, 7) is 0. The summed E-state index contributed by atoms with van der Waals surface area (Å²) in [6, 6.07) is 12.4. The number of nitrogens with zero attached hydrogens (tertiary/aromatic N) is 1. The summed E-state index contributed by atoms with van der Waals surface area (Å²) in [4.78, 5) is 4.49. The van der Waals surface area contributed by atoms with E-state index in [2.05, 4.69) is 4.98 Å². The smallest absolute Gasteiger partial charge is 0.124 e. The number of thiazole rings is 1. The van der Waals surface area contributed by atoms with Gasteiger partial charge in [0.2, 0.25) is 0 Å². The van der Waals surface area contributed by atoms with Gasteiger partial charge in [-0.1, -0.05) is 18.2 Å². The molecule has 90 valence electrons. The normalized spacial score (nSPS) is 10.9. The highest BCUT2D eigenvalue weighted by Crippen LogP contribution is 2.25. The van der Waals surface area contributed by atoms with Gasteiger partial charge >= 0.3 is 0 Å². The number of para-hydroxylation sites is 1. The summed E-state index contributed by atoms with van der Waals surface area (Å²) in [5.74, 6) is -0.225. The monoisotopic (exact) mass is 258 g/mol. The van der Waals surface area contributed by atoms with Crippen molar-refractivity contribution in [3.8, 4) is 0 Å². The zero-order valence-corrected chi connectivity index (χ0v) is 10.4. The number of nitrogen functional groups attached to an aromatic ring is 1. The van der Waals surface area contributed by atoms with Crippen molar-refractivity contribution in [1.29, 1.82) is 0 Å². The van der Waals surface area contributed by atoms with Crippen LogP contribution < -0.4 is 5.73 Å². The Morgan fingerprint density at radius 2 is 2.00 bits per heavy atom. The van der Waals surface area contributed by atoms with Crippen LogP contribution in [0, 0.1) is 5.82 Å². The Hall–Kier alpha value is -1.94. The molecule has 0 spiro atoms. The summed E-state index contributed by atoms with van der Waals surface area (Å²) in [7, 11) is 0. The van der Waals surface area contributed by atoms with Crippen LogP contribution in [0.1, 0.15) is 10.6 Å². The molecule has 2 N–H and O–H groups in total. The molecule has 0 aliphatic rings. The van der Waals surface area contributed by atoms with E-state index in [0.717, 1.165) is 26.5 Å². The number of nitrogens with two attached hydrogens (primary N) is 1. The lowest BCUT2D eigenvalue weighted by atomic mass is 10.1. The van der Waals surface area contributed by atoms with E-state index in [4.69, 9.17) is 5.73 Å². The summed E-state index contributed by atoms with van der Waals surface area (Å²) in [5.41, 5.74) is 8.56. The van der Waals surface area contributed by atoms with E-state index < -0.39 is 0 Å². The Morgan fingerprint density at radius 1 is 1.17 bits per heavy atom. The van der Waals surface area contributed by atoms with Crippen molar-refractivity contribution in [2.45, 2.75) is 6.42 Å². The molecule has 2 aromatic carbocycles. The molecule has 1 aromatic heterocycles. The van der Waals surface area contributed by atoms with E-state index in [1.165, 1.54) is 23.5 Å². The van der Waals surface area contributed by atoms with Crippen LogP contribution in [0.3, 0.4) is 0 Å².